The third kappa shape index (κ3) is 2.45. The monoisotopic (exact) mass is 284 g/mol. The van der Waals surface area contributed by atoms with Gasteiger partial charge in [0.05, 0.1) is 11.1 Å². The van der Waals surface area contributed by atoms with E-state index in [0.717, 1.165) is 29.7 Å². The number of hydrogen-bond acceptors (Lipinski definition) is 4. The number of nitrogens with zero attached hydrogens (tertiary/aromatic N) is 2. The largest absolute Gasteiger partial charge is 0.366 e. The molecule has 1 saturated heterocycles. The Kier molecular flexibility index (Phi) is 3.51. The van der Waals surface area contributed by atoms with Crippen LogP contribution in [0, 0.1) is 5.92 Å². The molecule has 1 aromatic heterocycles. The van der Waals surface area contributed by atoms with Crippen molar-refractivity contribution in [3.63, 3.8) is 0 Å². The van der Waals surface area contributed by atoms with E-state index >= 15 is 0 Å². The van der Waals surface area contributed by atoms with Crippen LogP contribution in [0.2, 0.25) is 0 Å². The van der Waals surface area contributed by atoms with E-state index in [2.05, 4.69) is 11.8 Å². The first kappa shape index (κ1) is 13.8. The van der Waals surface area contributed by atoms with Crippen LogP contribution in [0.15, 0.2) is 30.3 Å². The second kappa shape index (κ2) is 5.33. The highest BCUT2D eigenvalue weighted by molar-refractivity contribution is 6.06. The summed E-state index contributed by atoms with van der Waals surface area (Å²) in [6, 6.07) is 9.77. The molecule has 1 fully saturated rings. The molecule has 21 heavy (non-hydrogen) atoms. The zero-order chi connectivity index (χ0) is 15.0. The molecular formula is C16H20N4O. The van der Waals surface area contributed by atoms with Gasteiger partial charge in [0.25, 0.3) is 0 Å². The molecule has 4 N–H and O–H groups in total. The predicted octanol–water partition coefficient (Wildman–Crippen LogP) is 1.51. The van der Waals surface area contributed by atoms with Gasteiger partial charge in [0, 0.05) is 18.0 Å². The Labute approximate surface area is 123 Å². The zero-order valence-electron chi connectivity index (χ0n) is 12.1. The first-order chi connectivity index (χ1) is 10.1. The van der Waals surface area contributed by atoms with E-state index in [0.29, 0.717) is 24.1 Å². The van der Waals surface area contributed by atoms with Gasteiger partial charge in [-0.2, -0.15) is 0 Å². The number of rotatable bonds is 3. The zero-order valence-corrected chi connectivity index (χ0v) is 12.1. The molecule has 2 aromatic rings. The Morgan fingerprint density at radius 1 is 1.43 bits per heavy atom. The van der Waals surface area contributed by atoms with Gasteiger partial charge in [-0.1, -0.05) is 18.2 Å². The van der Waals surface area contributed by atoms with Crippen LogP contribution in [0.5, 0.6) is 0 Å². The Morgan fingerprint density at radius 3 is 2.86 bits per heavy atom. The Bertz CT molecular complexity index is 685. The molecule has 0 radical (unpaired) electrons. The summed E-state index contributed by atoms with van der Waals surface area (Å²) >= 11 is 0. The van der Waals surface area contributed by atoms with Gasteiger partial charge in [-0.25, -0.2) is 4.98 Å². The fraction of sp³-hybridized carbons (Fsp3) is 0.375. The molecule has 0 bridgehead atoms. The molecule has 0 spiro atoms. The van der Waals surface area contributed by atoms with Crippen LogP contribution < -0.4 is 16.4 Å². The summed E-state index contributed by atoms with van der Waals surface area (Å²) in [5, 5.41) is 0.802. The molecule has 2 atom stereocenters. The minimum Gasteiger partial charge on any atom is -0.366 e. The molecule has 1 aliphatic rings. The van der Waals surface area contributed by atoms with Crippen molar-refractivity contribution in [3.05, 3.63) is 35.9 Å². The van der Waals surface area contributed by atoms with Crippen LogP contribution in [0.4, 0.5) is 5.82 Å². The number of carbonyl (C=O) groups excluding carboxylic acids is 1. The predicted molar refractivity (Wildman–Crippen MR) is 84.2 cm³/mol. The van der Waals surface area contributed by atoms with Gasteiger partial charge in [0.1, 0.15) is 5.82 Å². The van der Waals surface area contributed by atoms with Crippen molar-refractivity contribution in [1.82, 2.24) is 4.98 Å². The van der Waals surface area contributed by atoms with Crippen molar-refractivity contribution in [1.29, 1.82) is 0 Å². The van der Waals surface area contributed by atoms with Crippen molar-refractivity contribution < 1.29 is 4.79 Å². The molecule has 1 aliphatic heterocycles. The van der Waals surface area contributed by atoms with Gasteiger partial charge in [-0.3, -0.25) is 4.79 Å². The van der Waals surface area contributed by atoms with E-state index in [4.69, 9.17) is 16.5 Å². The second-order valence-corrected chi connectivity index (χ2v) is 5.75. The molecule has 0 saturated carbocycles. The van der Waals surface area contributed by atoms with E-state index in [1.54, 1.807) is 6.07 Å². The maximum absolute atomic E-state index is 11.7. The molecule has 110 valence electrons. The van der Waals surface area contributed by atoms with E-state index < -0.39 is 5.91 Å². The van der Waals surface area contributed by atoms with Gasteiger partial charge in [0.2, 0.25) is 5.91 Å². The molecule has 2 heterocycles. The smallest absolute Gasteiger partial charge is 0.249 e. The van der Waals surface area contributed by atoms with Crippen molar-refractivity contribution in [3.8, 4) is 0 Å². The summed E-state index contributed by atoms with van der Waals surface area (Å²) < 4.78 is 0. The molecule has 1 amide bonds. The van der Waals surface area contributed by atoms with Crippen LogP contribution >= 0.6 is 0 Å². The number of amides is 1. The van der Waals surface area contributed by atoms with E-state index in [9.17, 15) is 4.79 Å². The van der Waals surface area contributed by atoms with Gasteiger partial charge >= 0.3 is 0 Å². The summed E-state index contributed by atoms with van der Waals surface area (Å²) in [6.07, 6.45) is 1.05. The van der Waals surface area contributed by atoms with E-state index in [1.807, 2.05) is 24.3 Å². The average Bonchev–Trinajstić information content (AvgIpc) is 2.87. The van der Waals surface area contributed by atoms with Crippen LogP contribution in [0.1, 0.15) is 23.7 Å². The minimum absolute atomic E-state index is 0.368. The number of hydrogen-bond donors (Lipinski definition) is 2. The number of primary amides is 1. The summed E-state index contributed by atoms with van der Waals surface area (Å²) in [7, 11) is 0. The lowest BCUT2D eigenvalue weighted by Gasteiger charge is -2.23. The highest BCUT2D eigenvalue weighted by Gasteiger charge is 2.29. The fourth-order valence-electron chi connectivity index (χ4n) is 3.14. The molecular weight excluding hydrogens is 264 g/mol. The molecule has 3 rings (SSSR count). The summed E-state index contributed by atoms with van der Waals surface area (Å²) in [5.74, 6) is 0.869. The first-order valence-electron chi connectivity index (χ1n) is 7.26. The SMILES string of the molecule is CC1CC(CN)CN1c1cc(C(N)=O)c2ccccc2n1. The maximum atomic E-state index is 11.7. The highest BCUT2D eigenvalue weighted by atomic mass is 16.1. The number of carbonyl (C=O) groups is 1. The Hall–Kier alpha value is -2.14. The van der Waals surface area contributed by atoms with Crippen LogP contribution in [-0.2, 0) is 0 Å². The van der Waals surface area contributed by atoms with Gasteiger partial charge in [0.15, 0.2) is 0 Å². The average molecular weight is 284 g/mol. The molecule has 5 heteroatoms. The molecule has 1 aromatic carbocycles. The second-order valence-electron chi connectivity index (χ2n) is 5.75. The third-order valence-electron chi connectivity index (χ3n) is 4.26. The lowest BCUT2D eigenvalue weighted by atomic mass is 10.1. The van der Waals surface area contributed by atoms with Crippen molar-refractivity contribution >= 4 is 22.6 Å². The highest BCUT2D eigenvalue weighted by Crippen LogP contribution is 2.30. The Balaban J connectivity index is 2.09. The third-order valence-corrected chi connectivity index (χ3v) is 4.26. The van der Waals surface area contributed by atoms with Crippen molar-refractivity contribution in [2.45, 2.75) is 19.4 Å². The summed E-state index contributed by atoms with van der Waals surface area (Å²) in [5.41, 5.74) is 12.6. The van der Waals surface area contributed by atoms with Crippen LogP contribution in [-0.4, -0.2) is 30.0 Å². The maximum Gasteiger partial charge on any atom is 0.249 e. The molecule has 0 aliphatic carbocycles. The molecule has 2 unspecified atom stereocenters. The number of aromatic nitrogens is 1. The van der Waals surface area contributed by atoms with Gasteiger partial charge < -0.3 is 16.4 Å². The number of anilines is 1. The number of benzene rings is 1. The van der Waals surface area contributed by atoms with Crippen LogP contribution in [0.3, 0.4) is 0 Å². The first-order valence-corrected chi connectivity index (χ1v) is 7.26. The number of pyridine rings is 1. The van der Waals surface area contributed by atoms with E-state index in [1.165, 1.54) is 0 Å². The minimum atomic E-state index is -0.419. The van der Waals surface area contributed by atoms with Crippen molar-refractivity contribution in [2.24, 2.45) is 17.4 Å². The lowest BCUT2D eigenvalue weighted by Crippen LogP contribution is -2.29. The van der Waals surface area contributed by atoms with Gasteiger partial charge in [-0.15, -0.1) is 0 Å². The topological polar surface area (TPSA) is 85.2 Å². The standard InChI is InChI=1S/C16H20N4O/c1-10-6-11(8-17)9-20(10)15-7-13(16(18)21)12-4-2-3-5-14(12)19-15/h2-5,7,10-11H,6,8-9,17H2,1H3,(H2,18,21). The molecule has 5 nitrogen and oxygen atoms in total. The van der Waals surface area contributed by atoms with Crippen molar-refractivity contribution in [2.75, 3.05) is 18.0 Å². The number of nitrogens with two attached hydrogens (primary N) is 2. The van der Waals surface area contributed by atoms with Gasteiger partial charge in [-0.05, 0) is 37.9 Å². The van der Waals surface area contributed by atoms with Crippen LogP contribution in [0.25, 0.3) is 10.9 Å². The number of fused-ring (bicyclic) bond motifs is 1. The number of para-hydroxylation sites is 1. The quantitative estimate of drug-likeness (QED) is 0.894. The fourth-order valence-corrected chi connectivity index (χ4v) is 3.14. The Morgan fingerprint density at radius 2 is 2.19 bits per heavy atom. The van der Waals surface area contributed by atoms with E-state index in [-0.39, 0.29) is 0 Å². The summed E-state index contributed by atoms with van der Waals surface area (Å²) in [4.78, 5) is 18.7. The normalized spacial score (nSPS) is 21.9. The lowest BCUT2D eigenvalue weighted by molar-refractivity contribution is 0.100. The summed E-state index contributed by atoms with van der Waals surface area (Å²) in [6.45, 7) is 3.72.